The number of anilines is 2. The van der Waals surface area contributed by atoms with Crippen molar-refractivity contribution in [1.29, 1.82) is 0 Å². The first-order valence-electron chi connectivity index (χ1n) is 8.21. The van der Waals surface area contributed by atoms with E-state index in [0.717, 1.165) is 28.7 Å². The molecule has 0 fully saturated rings. The number of carbonyl (C=O) groups is 1. The number of para-hydroxylation sites is 2. The molecule has 1 amide bonds. The van der Waals surface area contributed by atoms with Crippen LogP contribution >= 0.6 is 0 Å². The molecular weight excluding hydrogens is 298 g/mol. The fourth-order valence-corrected chi connectivity index (χ4v) is 3.45. The van der Waals surface area contributed by atoms with Gasteiger partial charge in [0.1, 0.15) is 0 Å². The molecule has 0 saturated heterocycles. The number of carbonyl (C=O) groups excluding carboxylic acids is 1. The van der Waals surface area contributed by atoms with Crippen molar-refractivity contribution in [1.82, 2.24) is 4.98 Å². The number of hydrogen-bond donors (Lipinski definition) is 1. The Morgan fingerprint density at radius 1 is 1.17 bits per heavy atom. The molecule has 0 bridgehead atoms. The Morgan fingerprint density at radius 3 is 2.92 bits per heavy atom. The van der Waals surface area contributed by atoms with E-state index < -0.39 is 0 Å². The van der Waals surface area contributed by atoms with Gasteiger partial charge in [-0.05, 0) is 37.1 Å². The second-order valence-electron chi connectivity index (χ2n) is 6.18. The van der Waals surface area contributed by atoms with E-state index in [9.17, 15) is 4.79 Å². The lowest BCUT2D eigenvalue weighted by Crippen LogP contribution is -2.39. The smallest absolute Gasteiger partial charge is 0.246 e. The summed E-state index contributed by atoms with van der Waals surface area (Å²) in [6.45, 7) is 2.35. The fourth-order valence-electron chi connectivity index (χ4n) is 3.45. The maximum absolute atomic E-state index is 12.8. The highest BCUT2D eigenvalue weighted by Crippen LogP contribution is 2.31. The minimum Gasteiger partial charge on any atom is -0.374 e. The van der Waals surface area contributed by atoms with Crippen LogP contribution in [0, 0.1) is 0 Å². The van der Waals surface area contributed by atoms with Gasteiger partial charge in [-0.15, -0.1) is 0 Å². The fraction of sp³-hybridized carbons (Fsp3) is 0.200. The molecule has 4 rings (SSSR count). The zero-order valence-electron chi connectivity index (χ0n) is 13.6. The van der Waals surface area contributed by atoms with Crippen LogP contribution in [0.15, 0.2) is 60.8 Å². The summed E-state index contributed by atoms with van der Waals surface area (Å²) < 4.78 is 0. The summed E-state index contributed by atoms with van der Waals surface area (Å²) in [4.78, 5) is 19.1. The van der Waals surface area contributed by atoms with Gasteiger partial charge >= 0.3 is 0 Å². The number of nitrogens with zero attached hydrogens (tertiary/aromatic N) is 2. The molecule has 24 heavy (non-hydrogen) atoms. The monoisotopic (exact) mass is 317 g/mol. The van der Waals surface area contributed by atoms with Crippen molar-refractivity contribution >= 4 is 28.2 Å². The van der Waals surface area contributed by atoms with E-state index in [4.69, 9.17) is 0 Å². The average Bonchev–Trinajstić information content (AvgIpc) is 2.95. The highest BCUT2D eigenvalue weighted by Gasteiger charge is 2.30. The summed E-state index contributed by atoms with van der Waals surface area (Å²) in [5.41, 5.74) is 4.06. The van der Waals surface area contributed by atoms with Crippen LogP contribution in [0.5, 0.6) is 0 Å². The van der Waals surface area contributed by atoms with Crippen molar-refractivity contribution in [2.24, 2.45) is 0 Å². The van der Waals surface area contributed by atoms with Gasteiger partial charge in [-0.3, -0.25) is 9.78 Å². The first kappa shape index (κ1) is 14.7. The van der Waals surface area contributed by atoms with Crippen molar-refractivity contribution in [2.45, 2.75) is 19.4 Å². The van der Waals surface area contributed by atoms with Crippen LogP contribution in [0.25, 0.3) is 10.9 Å². The lowest BCUT2D eigenvalue weighted by molar-refractivity contribution is -0.117. The van der Waals surface area contributed by atoms with Gasteiger partial charge in [0.25, 0.3) is 0 Å². The molecule has 120 valence electrons. The summed E-state index contributed by atoms with van der Waals surface area (Å²) >= 11 is 0. The van der Waals surface area contributed by atoms with Crippen molar-refractivity contribution in [3.63, 3.8) is 0 Å². The van der Waals surface area contributed by atoms with Gasteiger partial charge in [0.05, 0.1) is 17.7 Å². The van der Waals surface area contributed by atoms with Crippen molar-refractivity contribution < 1.29 is 4.79 Å². The molecule has 1 atom stereocenters. The molecule has 0 spiro atoms. The number of hydrogen-bond acceptors (Lipinski definition) is 3. The van der Waals surface area contributed by atoms with Crippen LogP contribution in [0.2, 0.25) is 0 Å². The summed E-state index contributed by atoms with van der Waals surface area (Å²) in [6, 6.07) is 18.2. The highest BCUT2D eigenvalue weighted by atomic mass is 16.2. The zero-order valence-corrected chi connectivity index (χ0v) is 13.6. The highest BCUT2D eigenvalue weighted by molar-refractivity contribution is 6.00. The second kappa shape index (κ2) is 5.96. The van der Waals surface area contributed by atoms with Crippen molar-refractivity contribution in [3.05, 3.63) is 66.4 Å². The number of aromatic nitrogens is 1. The average molecular weight is 317 g/mol. The molecule has 0 saturated carbocycles. The molecule has 1 unspecified atom stereocenters. The van der Waals surface area contributed by atoms with E-state index >= 15 is 0 Å². The SMILES string of the molecule is CC1Cc2ccccc2N1C(=O)CNc1cccc2cccnc12. The third kappa shape index (κ3) is 2.50. The molecule has 2 aromatic carbocycles. The largest absolute Gasteiger partial charge is 0.374 e. The topological polar surface area (TPSA) is 45.2 Å². The number of pyridine rings is 1. The Kier molecular flexibility index (Phi) is 3.65. The Balaban J connectivity index is 1.55. The zero-order chi connectivity index (χ0) is 16.5. The maximum atomic E-state index is 12.8. The van der Waals surface area contributed by atoms with Crippen LogP contribution < -0.4 is 10.2 Å². The molecular formula is C20H19N3O. The molecule has 0 radical (unpaired) electrons. The minimum atomic E-state index is 0.0837. The van der Waals surface area contributed by atoms with Gasteiger partial charge in [0.15, 0.2) is 0 Å². The van der Waals surface area contributed by atoms with Crippen LogP contribution in [-0.2, 0) is 11.2 Å². The van der Waals surface area contributed by atoms with Crippen LogP contribution in [0.4, 0.5) is 11.4 Å². The van der Waals surface area contributed by atoms with Gasteiger partial charge in [-0.1, -0.05) is 36.4 Å². The first-order valence-corrected chi connectivity index (χ1v) is 8.21. The molecule has 1 aromatic heterocycles. The molecule has 3 aromatic rings. The summed E-state index contributed by atoms with van der Waals surface area (Å²) in [6.07, 6.45) is 2.69. The van der Waals surface area contributed by atoms with Crippen molar-refractivity contribution in [2.75, 3.05) is 16.8 Å². The number of fused-ring (bicyclic) bond motifs is 2. The van der Waals surface area contributed by atoms with Crippen LogP contribution in [0.1, 0.15) is 12.5 Å². The van der Waals surface area contributed by atoms with Gasteiger partial charge in [0.2, 0.25) is 5.91 Å². The Labute approximate surface area is 141 Å². The van der Waals surface area contributed by atoms with Gasteiger partial charge in [-0.25, -0.2) is 0 Å². The van der Waals surface area contributed by atoms with E-state index in [-0.39, 0.29) is 18.5 Å². The quantitative estimate of drug-likeness (QED) is 0.802. The van der Waals surface area contributed by atoms with Crippen molar-refractivity contribution in [3.8, 4) is 0 Å². The standard InChI is InChI=1S/C20H19N3O/c1-14-12-16-6-2-3-10-18(16)23(14)19(24)13-22-17-9-4-7-15-8-5-11-21-20(15)17/h2-11,14,22H,12-13H2,1H3. The number of amides is 1. The summed E-state index contributed by atoms with van der Waals surface area (Å²) in [5.74, 6) is 0.0837. The van der Waals surface area contributed by atoms with Gasteiger partial charge < -0.3 is 10.2 Å². The summed E-state index contributed by atoms with van der Waals surface area (Å²) in [5, 5.41) is 4.33. The van der Waals surface area contributed by atoms with Gasteiger partial charge in [0, 0.05) is 23.3 Å². The number of nitrogens with one attached hydrogen (secondary N) is 1. The molecule has 1 aliphatic rings. The predicted octanol–water partition coefficient (Wildman–Crippen LogP) is 3.62. The van der Waals surface area contributed by atoms with E-state index in [0.29, 0.717) is 0 Å². The Hall–Kier alpha value is -2.88. The van der Waals surface area contributed by atoms with E-state index in [1.807, 2.05) is 53.4 Å². The van der Waals surface area contributed by atoms with E-state index in [1.165, 1.54) is 5.56 Å². The summed E-state index contributed by atoms with van der Waals surface area (Å²) in [7, 11) is 0. The maximum Gasteiger partial charge on any atom is 0.246 e. The lowest BCUT2D eigenvalue weighted by atomic mass is 10.1. The normalized spacial score (nSPS) is 16.2. The molecule has 2 heterocycles. The van der Waals surface area contributed by atoms with Crippen LogP contribution in [0.3, 0.4) is 0 Å². The number of rotatable bonds is 3. The molecule has 4 heteroatoms. The minimum absolute atomic E-state index is 0.0837. The molecule has 0 aliphatic carbocycles. The first-order chi connectivity index (χ1) is 11.7. The Bertz CT molecular complexity index is 901. The predicted molar refractivity (Wildman–Crippen MR) is 97.3 cm³/mol. The third-order valence-corrected chi connectivity index (χ3v) is 4.54. The van der Waals surface area contributed by atoms with E-state index in [2.05, 4.69) is 23.3 Å². The molecule has 1 N–H and O–H groups in total. The lowest BCUT2D eigenvalue weighted by Gasteiger charge is -2.23. The molecule has 4 nitrogen and oxygen atoms in total. The second-order valence-corrected chi connectivity index (χ2v) is 6.18. The number of benzene rings is 2. The molecule has 1 aliphatic heterocycles. The van der Waals surface area contributed by atoms with Crippen LogP contribution in [-0.4, -0.2) is 23.5 Å². The Morgan fingerprint density at radius 2 is 2.00 bits per heavy atom. The van der Waals surface area contributed by atoms with E-state index in [1.54, 1.807) is 6.20 Å². The third-order valence-electron chi connectivity index (χ3n) is 4.54. The van der Waals surface area contributed by atoms with Gasteiger partial charge in [-0.2, -0.15) is 0 Å².